The summed E-state index contributed by atoms with van der Waals surface area (Å²) in [7, 11) is -1.54. The Morgan fingerprint density at radius 3 is 2.33 bits per heavy atom. The molecule has 1 saturated heterocycles. The monoisotopic (exact) mass is 368 g/mol. The highest BCUT2D eigenvalue weighted by Crippen LogP contribution is 2.14. The van der Waals surface area contributed by atoms with Crippen LogP contribution < -0.4 is 0 Å². The van der Waals surface area contributed by atoms with E-state index in [9.17, 15) is 8.42 Å². The van der Waals surface area contributed by atoms with Crippen LogP contribution in [0.15, 0.2) is 30.3 Å². The fourth-order valence-corrected chi connectivity index (χ4v) is 4.30. The minimum absolute atomic E-state index is 0.0447. The maximum Gasteiger partial charge on any atom is 0.218 e. The number of aryl methyl sites for hydroxylation is 1. The van der Waals surface area contributed by atoms with E-state index in [1.807, 2.05) is 30.3 Å². The molecule has 10 heteroatoms. The lowest BCUT2D eigenvalue weighted by Gasteiger charge is -2.33. The van der Waals surface area contributed by atoms with Crippen molar-refractivity contribution in [3.05, 3.63) is 40.7 Å². The molecular formula is C14H20N6O2S2. The molecular weight excluding hydrogens is 348 g/mol. The van der Waals surface area contributed by atoms with Gasteiger partial charge in [0, 0.05) is 33.2 Å². The van der Waals surface area contributed by atoms with Crippen LogP contribution in [0.2, 0.25) is 0 Å². The van der Waals surface area contributed by atoms with Crippen LogP contribution in [0.5, 0.6) is 0 Å². The Bertz CT molecular complexity index is 838. The Labute approximate surface area is 146 Å². The lowest BCUT2D eigenvalue weighted by Crippen LogP contribution is -2.49. The normalized spacial score (nSPS) is 17.2. The number of aromatic nitrogens is 4. The molecule has 130 valence electrons. The van der Waals surface area contributed by atoms with Gasteiger partial charge in [-0.3, -0.25) is 4.90 Å². The second-order valence-corrected chi connectivity index (χ2v) is 8.12. The summed E-state index contributed by atoms with van der Waals surface area (Å²) in [6.07, 6.45) is 0. The Balaban J connectivity index is 1.58. The van der Waals surface area contributed by atoms with Gasteiger partial charge in [-0.05, 0) is 28.2 Å². The summed E-state index contributed by atoms with van der Waals surface area (Å²) in [4.78, 5) is 2.12. The molecule has 0 amide bonds. The van der Waals surface area contributed by atoms with Gasteiger partial charge in [0.15, 0.2) is 0 Å². The second-order valence-electron chi connectivity index (χ2n) is 5.78. The predicted octanol–water partition coefficient (Wildman–Crippen LogP) is 0.451. The Morgan fingerprint density at radius 1 is 1.08 bits per heavy atom. The van der Waals surface area contributed by atoms with Crippen LogP contribution in [0.3, 0.4) is 0 Å². The molecule has 1 aromatic carbocycles. The lowest BCUT2D eigenvalue weighted by atomic mass is 10.2. The molecule has 0 saturated carbocycles. The molecule has 0 aliphatic carbocycles. The number of nitrogens with zero attached hydrogens (tertiary/aromatic N) is 6. The maximum atomic E-state index is 12.5. The van der Waals surface area contributed by atoms with Gasteiger partial charge in [0.2, 0.25) is 14.8 Å². The van der Waals surface area contributed by atoms with E-state index < -0.39 is 10.0 Å². The van der Waals surface area contributed by atoms with Crippen molar-refractivity contribution in [3.63, 3.8) is 0 Å². The minimum atomic E-state index is -3.29. The summed E-state index contributed by atoms with van der Waals surface area (Å²) >= 11 is 5.22. The molecule has 0 atom stereocenters. The fraction of sp³-hybridized carbons (Fsp3) is 0.500. The largest absolute Gasteiger partial charge is 0.282 e. The smallest absolute Gasteiger partial charge is 0.218 e. The summed E-state index contributed by atoms with van der Waals surface area (Å²) < 4.78 is 30.4. The molecule has 2 heterocycles. The zero-order valence-corrected chi connectivity index (χ0v) is 15.1. The molecule has 24 heavy (non-hydrogen) atoms. The molecule has 0 bridgehead atoms. The van der Waals surface area contributed by atoms with E-state index in [1.54, 1.807) is 16.0 Å². The minimum Gasteiger partial charge on any atom is -0.282 e. The first-order valence-electron chi connectivity index (χ1n) is 7.66. The summed E-state index contributed by atoms with van der Waals surface area (Å²) in [5.74, 6) is 0.0447. The van der Waals surface area contributed by atoms with Gasteiger partial charge >= 0.3 is 0 Å². The van der Waals surface area contributed by atoms with Gasteiger partial charge < -0.3 is 0 Å². The quantitative estimate of drug-likeness (QED) is 0.714. The molecule has 0 N–H and O–H groups in total. The van der Waals surface area contributed by atoms with Gasteiger partial charge in [0.05, 0.1) is 12.4 Å². The van der Waals surface area contributed by atoms with Gasteiger partial charge in [0.25, 0.3) is 0 Å². The molecule has 1 aliphatic heterocycles. The predicted molar refractivity (Wildman–Crippen MR) is 92.0 cm³/mol. The fourth-order valence-electron chi connectivity index (χ4n) is 2.66. The van der Waals surface area contributed by atoms with E-state index in [2.05, 4.69) is 15.3 Å². The SMILES string of the molecule is Cn1nnn(CN2CCN(S(=O)(=O)Cc3ccccc3)CC2)c1=S. The number of hydrogen-bond acceptors (Lipinski definition) is 6. The molecule has 8 nitrogen and oxygen atoms in total. The van der Waals surface area contributed by atoms with E-state index in [0.29, 0.717) is 37.6 Å². The van der Waals surface area contributed by atoms with Crippen molar-refractivity contribution < 1.29 is 8.42 Å². The summed E-state index contributed by atoms with van der Waals surface area (Å²) in [5.41, 5.74) is 0.811. The number of tetrazole rings is 1. The molecule has 3 rings (SSSR count). The Kier molecular flexibility index (Phi) is 5.09. The van der Waals surface area contributed by atoms with E-state index in [0.717, 1.165) is 5.56 Å². The second kappa shape index (κ2) is 7.09. The van der Waals surface area contributed by atoms with Crippen LogP contribution in [-0.2, 0) is 29.5 Å². The molecule has 1 aliphatic rings. The first kappa shape index (κ1) is 17.2. The van der Waals surface area contributed by atoms with Gasteiger partial charge in [-0.2, -0.15) is 4.31 Å². The first-order valence-corrected chi connectivity index (χ1v) is 9.68. The molecule has 0 unspecified atom stereocenters. The number of piperazine rings is 1. The third kappa shape index (κ3) is 3.89. The van der Waals surface area contributed by atoms with Crippen molar-refractivity contribution in [2.75, 3.05) is 26.2 Å². The highest BCUT2D eigenvalue weighted by molar-refractivity contribution is 7.88. The van der Waals surface area contributed by atoms with Crippen molar-refractivity contribution in [3.8, 4) is 0 Å². The zero-order valence-electron chi connectivity index (χ0n) is 13.4. The van der Waals surface area contributed by atoms with Crippen LogP contribution in [0.25, 0.3) is 0 Å². The van der Waals surface area contributed by atoms with Crippen LogP contribution in [0.4, 0.5) is 0 Å². The molecule has 1 fully saturated rings. The van der Waals surface area contributed by atoms with Crippen molar-refractivity contribution in [1.29, 1.82) is 0 Å². The van der Waals surface area contributed by atoms with Gasteiger partial charge in [-0.15, -0.1) is 0 Å². The Hall–Kier alpha value is -1.62. The molecule has 1 aromatic heterocycles. The van der Waals surface area contributed by atoms with Crippen molar-refractivity contribution in [2.45, 2.75) is 12.4 Å². The van der Waals surface area contributed by atoms with E-state index in [4.69, 9.17) is 12.2 Å². The van der Waals surface area contributed by atoms with Crippen LogP contribution in [-0.4, -0.2) is 63.6 Å². The number of hydrogen-bond donors (Lipinski definition) is 0. The number of benzene rings is 1. The highest BCUT2D eigenvalue weighted by Gasteiger charge is 2.27. The van der Waals surface area contributed by atoms with Gasteiger partial charge in [-0.1, -0.05) is 30.3 Å². The van der Waals surface area contributed by atoms with Crippen LogP contribution in [0, 0.1) is 4.77 Å². The topological polar surface area (TPSA) is 76.3 Å². The van der Waals surface area contributed by atoms with Gasteiger partial charge in [-0.25, -0.2) is 17.8 Å². The van der Waals surface area contributed by atoms with Crippen LogP contribution in [0.1, 0.15) is 5.56 Å². The Morgan fingerprint density at radius 2 is 1.75 bits per heavy atom. The van der Waals surface area contributed by atoms with Crippen molar-refractivity contribution in [1.82, 2.24) is 29.0 Å². The number of rotatable bonds is 5. The summed E-state index contributed by atoms with van der Waals surface area (Å²) in [6, 6.07) is 9.26. The maximum absolute atomic E-state index is 12.5. The summed E-state index contributed by atoms with van der Waals surface area (Å²) in [5, 5.41) is 7.86. The van der Waals surface area contributed by atoms with Crippen LogP contribution >= 0.6 is 12.2 Å². The first-order chi connectivity index (χ1) is 11.5. The van der Waals surface area contributed by atoms with E-state index >= 15 is 0 Å². The molecule has 2 aromatic rings. The lowest BCUT2D eigenvalue weighted by molar-refractivity contribution is 0.143. The standard InChI is InChI=1S/C14H20N6O2S2/c1-17-14(23)20(16-15-17)12-18-7-9-19(10-8-18)24(21,22)11-13-5-3-2-4-6-13/h2-6H,7-12H2,1H3. The molecule has 0 radical (unpaired) electrons. The average Bonchev–Trinajstić information content (AvgIpc) is 2.88. The number of sulfonamides is 1. The van der Waals surface area contributed by atoms with E-state index in [-0.39, 0.29) is 5.75 Å². The molecule has 0 spiro atoms. The zero-order chi connectivity index (χ0) is 17.2. The summed E-state index contributed by atoms with van der Waals surface area (Å²) in [6.45, 7) is 2.77. The van der Waals surface area contributed by atoms with E-state index in [1.165, 1.54) is 4.68 Å². The van der Waals surface area contributed by atoms with Crippen molar-refractivity contribution in [2.24, 2.45) is 7.05 Å². The highest BCUT2D eigenvalue weighted by atomic mass is 32.2. The van der Waals surface area contributed by atoms with Crippen molar-refractivity contribution >= 4 is 22.2 Å². The third-order valence-corrected chi connectivity index (χ3v) is 6.36. The third-order valence-electron chi connectivity index (χ3n) is 4.03. The average molecular weight is 368 g/mol. The van der Waals surface area contributed by atoms with Gasteiger partial charge in [0.1, 0.15) is 0 Å².